The van der Waals surface area contributed by atoms with E-state index in [1.807, 2.05) is 4.90 Å². The molecule has 0 aromatic carbocycles. The highest BCUT2D eigenvalue weighted by atomic mass is 16.2. The van der Waals surface area contributed by atoms with Gasteiger partial charge in [-0.3, -0.25) is 14.2 Å². The second-order valence-electron chi connectivity index (χ2n) is 8.37. The summed E-state index contributed by atoms with van der Waals surface area (Å²) in [6.45, 7) is 2.33. The lowest BCUT2D eigenvalue weighted by Gasteiger charge is -2.49. The van der Waals surface area contributed by atoms with Gasteiger partial charge in [0.05, 0.1) is 0 Å². The predicted octanol–water partition coefficient (Wildman–Crippen LogP) is 1.42. The first kappa shape index (κ1) is 18.2. The third kappa shape index (κ3) is 3.77. The average Bonchev–Trinajstić information content (AvgIpc) is 3.21. The third-order valence-corrected chi connectivity index (χ3v) is 6.73. The number of amides is 2. The molecule has 1 aliphatic carbocycles. The fourth-order valence-corrected chi connectivity index (χ4v) is 4.98. The number of hydrogen-bond acceptors (Lipinski definition) is 4. The molecule has 7 heteroatoms. The van der Waals surface area contributed by atoms with Gasteiger partial charge in [0.15, 0.2) is 0 Å². The second kappa shape index (κ2) is 7.44. The van der Waals surface area contributed by atoms with Crippen LogP contribution in [0.25, 0.3) is 0 Å². The first-order valence-electron chi connectivity index (χ1n) is 10.2. The second-order valence-corrected chi connectivity index (χ2v) is 8.37. The first-order chi connectivity index (χ1) is 13.1. The molecule has 0 unspecified atom stereocenters. The van der Waals surface area contributed by atoms with E-state index in [1.54, 1.807) is 12.3 Å². The fraction of sp³-hybridized carbons (Fsp3) is 0.700. The maximum Gasteiger partial charge on any atom is 0.347 e. The molecule has 3 fully saturated rings. The van der Waals surface area contributed by atoms with Gasteiger partial charge in [-0.1, -0.05) is 12.8 Å². The molecule has 2 amide bonds. The highest BCUT2D eigenvalue weighted by molar-refractivity contribution is 5.78. The number of aromatic nitrogens is 2. The number of rotatable bonds is 3. The molecule has 27 heavy (non-hydrogen) atoms. The summed E-state index contributed by atoms with van der Waals surface area (Å²) in [7, 11) is 0. The van der Waals surface area contributed by atoms with Crippen molar-refractivity contribution in [3.8, 4) is 0 Å². The molecule has 1 spiro atoms. The average molecular weight is 372 g/mol. The molecule has 146 valence electrons. The lowest BCUT2D eigenvalue weighted by atomic mass is 9.72. The van der Waals surface area contributed by atoms with Crippen molar-refractivity contribution >= 4 is 11.8 Å². The van der Waals surface area contributed by atoms with E-state index in [0.717, 1.165) is 38.6 Å². The number of carbonyl (C=O) groups is 2. The van der Waals surface area contributed by atoms with Crippen molar-refractivity contribution in [2.24, 2.45) is 5.41 Å². The van der Waals surface area contributed by atoms with Crippen LogP contribution < -0.4 is 5.69 Å². The van der Waals surface area contributed by atoms with E-state index in [2.05, 4.69) is 9.88 Å². The van der Waals surface area contributed by atoms with Crippen LogP contribution in [0.15, 0.2) is 23.3 Å². The third-order valence-electron chi connectivity index (χ3n) is 6.73. The molecule has 0 bridgehead atoms. The summed E-state index contributed by atoms with van der Waals surface area (Å²) >= 11 is 0. The summed E-state index contributed by atoms with van der Waals surface area (Å²) in [5, 5.41) is 0. The van der Waals surface area contributed by atoms with Crippen LogP contribution >= 0.6 is 0 Å². The Morgan fingerprint density at radius 2 is 1.89 bits per heavy atom. The molecule has 1 aromatic heterocycles. The number of carbonyl (C=O) groups excluding carboxylic acids is 2. The monoisotopic (exact) mass is 372 g/mol. The van der Waals surface area contributed by atoms with Gasteiger partial charge < -0.3 is 9.80 Å². The summed E-state index contributed by atoms with van der Waals surface area (Å²) < 4.78 is 1.35. The van der Waals surface area contributed by atoms with Crippen LogP contribution in [0.3, 0.4) is 0 Å². The highest BCUT2D eigenvalue weighted by Crippen LogP contribution is 2.42. The molecule has 0 N–H and O–H groups in total. The normalized spacial score (nSPS) is 23.2. The van der Waals surface area contributed by atoms with Crippen LogP contribution in [0.1, 0.15) is 51.4 Å². The van der Waals surface area contributed by atoms with Gasteiger partial charge in [0.2, 0.25) is 11.8 Å². The molecule has 1 saturated carbocycles. The zero-order valence-electron chi connectivity index (χ0n) is 15.8. The van der Waals surface area contributed by atoms with Gasteiger partial charge in [-0.25, -0.2) is 9.78 Å². The quantitative estimate of drug-likeness (QED) is 0.804. The molecule has 2 saturated heterocycles. The molecule has 4 rings (SSSR count). The van der Waals surface area contributed by atoms with Crippen molar-refractivity contribution in [2.45, 2.75) is 64.0 Å². The topological polar surface area (TPSA) is 75.5 Å². The number of hydrogen-bond donors (Lipinski definition) is 0. The van der Waals surface area contributed by atoms with E-state index in [4.69, 9.17) is 0 Å². The summed E-state index contributed by atoms with van der Waals surface area (Å²) in [6.07, 6.45) is 11.3. The Bertz CT molecular complexity index is 760. The fourth-order valence-electron chi connectivity index (χ4n) is 4.98. The van der Waals surface area contributed by atoms with Gasteiger partial charge in [0.1, 0.15) is 6.54 Å². The Labute approximate surface area is 159 Å². The molecular weight excluding hydrogens is 344 g/mol. The maximum absolute atomic E-state index is 12.6. The number of piperidine rings is 2. The van der Waals surface area contributed by atoms with E-state index >= 15 is 0 Å². The lowest BCUT2D eigenvalue weighted by molar-refractivity contribution is -0.145. The lowest BCUT2D eigenvalue weighted by Crippen LogP contribution is -2.54. The van der Waals surface area contributed by atoms with Crippen LogP contribution in [0.2, 0.25) is 0 Å². The van der Waals surface area contributed by atoms with Crippen LogP contribution in [-0.2, 0) is 16.1 Å². The Balaban J connectivity index is 1.36. The van der Waals surface area contributed by atoms with Gasteiger partial charge in [-0.2, -0.15) is 0 Å². The highest BCUT2D eigenvalue weighted by Gasteiger charge is 2.43. The Kier molecular flexibility index (Phi) is 5.02. The minimum absolute atomic E-state index is 0.0283. The molecule has 7 nitrogen and oxygen atoms in total. The predicted molar refractivity (Wildman–Crippen MR) is 99.9 cm³/mol. The van der Waals surface area contributed by atoms with Crippen LogP contribution in [0.4, 0.5) is 0 Å². The van der Waals surface area contributed by atoms with Crippen LogP contribution in [-0.4, -0.2) is 56.8 Å². The van der Waals surface area contributed by atoms with Crippen molar-refractivity contribution in [1.82, 2.24) is 19.4 Å². The van der Waals surface area contributed by atoms with Crippen molar-refractivity contribution in [3.05, 3.63) is 28.9 Å². The van der Waals surface area contributed by atoms with E-state index in [0.29, 0.717) is 31.5 Å². The Morgan fingerprint density at radius 1 is 1.15 bits per heavy atom. The first-order valence-corrected chi connectivity index (χ1v) is 10.2. The van der Waals surface area contributed by atoms with Gasteiger partial charge in [0, 0.05) is 44.5 Å². The maximum atomic E-state index is 12.6. The van der Waals surface area contributed by atoms with Gasteiger partial charge in [0.25, 0.3) is 0 Å². The van der Waals surface area contributed by atoms with Crippen molar-refractivity contribution < 1.29 is 9.59 Å². The van der Waals surface area contributed by atoms with Crippen molar-refractivity contribution in [1.29, 1.82) is 0 Å². The standard InChI is InChI=1S/C20H28N4O3/c25-17-6-7-20(15-24(17)16-4-1-2-5-16)8-12-22(13-9-20)18(26)14-23-11-3-10-21-19(23)27/h3,10-11,16H,1-2,4-9,12-15H2. The molecule has 3 heterocycles. The van der Waals surface area contributed by atoms with Crippen LogP contribution in [0, 0.1) is 5.41 Å². The molecule has 3 aliphatic rings. The molecular formula is C20H28N4O3. The van der Waals surface area contributed by atoms with E-state index < -0.39 is 5.69 Å². The SMILES string of the molecule is O=C(Cn1cccnc1=O)N1CCC2(CCC(=O)N(C3CCCC3)C2)CC1. The minimum Gasteiger partial charge on any atom is -0.341 e. The number of likely N-dealkylation sites (tertiary alicyclic amines) is 2. The summed E-state index contributed by atoms with van der Waals surface area (Å²) in [4.78, 5) is 44.5. The van der Waals surface area contributed by atoms with Gasteiger partial charge >= 0.3 is 5.69 Å². The Morgan fingerprint density at radius 3 is 2.59 bits per heavy atom. The molecule has 1 aromatic rings. The molecule has 0 atom stereocenters. The zero-order valence-corrected chi connectivity index (χ0v) is 15.8. The van der Waals surface area contributed by atoms with E-state index in [9.17, 15) is 14.4 Å². The summed E-state index contributed by atoms with van der Waals surface area (Å²) in [5.74, 6) is 0.293. The smallest absolute Gasteiger partial charge is 0.341 e. The van der Waals surface area contributed by atoms with E-state index in [-0.39, 0.29) is 17.9 Å². The molecule has 2 aliphatic heterocycles. The van der Waals surface area contributed by atoms with Crippen molar-refractivity contribution in [3.63, 3.8) is 0 Å². The Hall–Kier alpha value is -2.18. The zero-order chi connectivity index (χ0) is 18.9. The summed E-state index contributed by atoms with van der Waals surface area (Å²) in [5.41, 5.74) is -0.226. The summed E-state index contributed by atoms with van der Waals surface area (Å²) in [6, 6.07) is 2.10. The number of nitrogens with zero attached hydrogens (tertiary/aromatic N) is 4. The minimum atomic E-state index is -0.391. The molecule has 0 radical (unpaired) electrons. The van der Waals surface area contributed by atoms with Gasteiger partial charge in [-0.15, -0.1) is 0 Å². The largest absolute Gasteiger partial charge is 0.347 e. The van der Waals surface area contributed by atoms with Crippen molar-refractivity contribution in [2.75, 3.05) is 19.6 Å². The van der Waals surface area contributed by atoms with Gasteiger partial charge in [-0.05, 0) is 43.6 Å². The van der Waals surface area contributed by atoms with Crippen LogP contribution in [0.5, 0.6) is 0 Å². The van der Waals surface area contributed by atoms with E-state index in [1.165, 1.54) is 23.6 Å².